The minimum atomic E-state index is -0.526. The third kappa shape index (κ3) is 3.14. The third-order valence-corrected chi connectivity index (χ3v) is 4.88. The summed E-state index contributed by atoms with van der Waals surface area (Å²) < 4.78 is 14.6. The zero-order chi connectivity index (χ0) is 14.0. The van der Waals surface area contributed by atoms with Crippen molar-refractivity contribution in [2.45, 2.75) is 10.9 Å². The number of rotatable bonds is 3. The maximum Gasteiger partial charge on any atom is 0.148 e. The van der Waals surface area contributed by atoms with Crippen molar-refractivity contribution in [3.8, 4) is 0 Å². The topological polar surface area (TPSA) is 26.0 Å². The van der Waals surface area contributed by atoms with Crippen LogP contribution in [0.25, 0.3) is 0 Å². The quantitative estimate of drug-likeness (QED) is 0.615. The van der Waals surface area contributed by atoms with Crippen LogP contribution >= 0.6 is 39.3 Å². The first-order valence-corrected chi connectivity index (χ1v) is 7.97. The Morgan fingerprint density at radius 3 is 2.42 bits per heavy atom. The van der Waals surface area contributed by atoms with Crippen molar-refractivity contribution in [3.63, 3.8) is 0 Å². The normalized spacial score (nSPS) is 12.5. The van der Waals surface area contributed by atoms with E-state index >= 15 is 0 Å². The predicted molar refractivity (Wildman–Crippen MR) is 83.4 cm³/mol. The maximum absolute atomic E-state index is 14.1. The summed E-state index contributed by atoms with van der Waals surface area (Å²) in [5.41, 5.74) is 7.36. The van der Waals surface area contributed by atoms with Crippen LogP contribution in [0.5, 0.6) is 0 Å². The van der Waals surface area contributed by atoms with Crippen LogP contribution in [0.4, 0.5) is 4.39 Å². The number of nitrogens with two attached hydrogens (primary N) is 1. The first kappa shape index (κ1) is 14.9. The highest BCUT2D eigenvalue weighted by Gasteiger charge is 2.17. The van der Waals surface area contributed by atoms with Crippen LogP contribution in [0.3, 0.4) is 0 Å². The zero-order valence-electron chi connectivity index (χ0n) is 10.2. The zero-order valence-corrected chi connectivity index (χ0v) is 13.3. The average molecular weight is 361 g/mol. The van der Waals surface area contributed by atoms with Gasteiger partial charge in [0.1, 0.15) is 5.82 Å². The molecule has 0 saturated carbocycles. The molecule has 0 fully saturated rings. The summed E-state index contributed by atoms with van der Waals surface area (Å²) >= 11 is 10.7. The van der Waals surface area contributed by atoms with Crippen molar-refractivity contribution in [1.82, 2.24) is 0 Å². The molecule has 100 valence electrons. The molecule has 0 aromatic heterocycles. The second-order valence-corrected chi connectivity index (χ2v) is 6.13. The molecule has 2 rings (SSSR count). The largest absolute Gasteiger partial charge is 0.320 e. The molecule has 19 heavy (non-hydrogen) atoms. The van der Waals surface area contributed by atoms with E-state index in [-0.39, 0.29) is 5.02 Å². The molecule has 0 amide bonds. The van der Waals surface area contributed by atoms with Gasteiger partial charge in [0.25, 0.3) is 0 Å². The molecule has 1 nitrogen and oxygen atoms in total. The van der Waals surface area contributed by atoms with E-state index in [1.807, 2.05) is 30.5 Å². The Hall–Kier alpha value is -0.550. The van der Waals surface area contributed by atoms with Crippen molar-refractivity contribution >= 4 is 39.3 Å². The number of hydrogen-bond donors (Lipinski definition) is 1. The second kappa shape index (κ2) is 6.27. The van der Waals surface area contributed by atoms with Crippen LogP contribution in [-0.2, 0) is 0 Å². The fraction of sp³-hybridized carbons (Fsp3) is 0.143. The van der Waals surface area contributed by atoms with Gasteiger partial charge in [-0.25, -0.2) is 4.39 Å². The van der Waals surface area contributed by atoms with Gasteiger partial charge >= 0.3 is 0 Å². The van der Waals surface area contributed by atoms with Gasteiger partial charge in [-0.2, -0.15) is 0 Å². The number of hydrogen-bond acceptors (Lipinski definition) is 2. The Morgan fingerprint density at radius 1 is 1.21 bits per heavy atom. The van der Waals surface area contributed by atoms with E-state index in [1.165, 1.54) is 0 Å². The summed E-state index contributed by atoms with van der Waals surface area (Å²) in [6.07, 6.45) is 2.00. The number of benzene rings is 2. The fourth-order valence-corrected chi connectivity index (χ4v) is 2.66. The molecule has 0 heterocycles. The maximum atomic E-state index is 14.1. The van der Waals surface area contributed by atoms with Gasteiger partial charge in [0.15, 0.2) is 0 Å². The van der Waals surface area contributed by atoms with E-state index in [9.17, 15) is 4.39 Å². The molecule has 0 radical (unpaired) electrons. The van der Waals surface area contributed by atoms with E-state index in [1.54, 1.807) is 23.9 Å². The molecule has 0 aliphatic rings. The smallest absolute Gasteiger partial charge is 0.148 e. The molecule has 1 unspecified atom stereocenters. The van der Waals surface area contributed by atoms with Crippen molar-refractivity contribution < 1.29 is 4.39 Å². The van der Waals surface area contributed by atoms with Gasteiger partial charge in [0.05, 0.1) is 11.1 Å². The molecule has 0 saturated heterocycles. The van der Waals surface area contributed by atoms with Gasteiger partial charge in [-0.05, 0) is 45.9 Å². The minimum absolute atomic E-state index is 0.0636. The SMILES string of the molecule is CSc1ccc(C(N)c2ccc(Br)c(Cl)c2F)cc1. The lowest BCUT2D eigenvalue weighted by molar-refractivity contribution is 0.599. The molecule has 0 aliphatic heterocycles. The number of halogens is 3. The van der Waals surface area contributed by atoms with E-state index < -0.39 is 11.9 Å². The molecule has 2 aromatic carbocycles. The first-order chi connectivity index (χ1) is 9.04. The molecule has 0 aliphatic carbocycles. The average Bonchev–Trinajstić information content (AvgIpc) is 2.44. The van der Waals surface area contributed by atoms with Crippen LogP contribution in [0.15, 0.2) is 45.8 Å². The minimum Gasteiger partial charge on any atom is -0.320 e. The summed E-state index contributed by atoms with van der Waals surface area (Å²) in [5, 5.41) is 0.0636. The Balaban J connectivity index is 2.38. The molecular weight excluding hydrogens is 349 g/mol. The van der Waals surface area contributed by atoms with Gasteiger partial charge in [-0.1, -0.05) is 29.8 Å². The van der Waals surface area contributed by atoms with Gasteiger partial charge in [0, 0.05) is 14.9 Å². The van der Waals surface area contributed by atoms with Gasteiger partial charge in [-0.3, -0.25) is 0 Å². The van der Waals surface area contributed by atoms with Crippen LogP contribution in [0, 0.1) is 5.82 Å². The Morgan fingerprint density at radius 2 is 1.84 bits per heavy atom. The Bertz CT molecular complexity index is 589. The molecule has 2 aromatic rings. The second-order valence-electron chi connectivity index (χ2n) is 4.02. The van der Waals surface area contributed by atoms with Crippen molar-refractivity contribution in [3.05, 3.63) is 62.8 Å². The lowest BCUT2D eigenvalue weighted by Gasteiger charge is -2.15. The van der Waals surface area contributed by atoms with Gasteiger partial charge in [0.2, 0.25) is 0 Å². The van der Waals surface area contributed by atoms with E-state index in [0.29, 0.717) is 10.0 Å². The van der Waals surface area contributed by atoms with E-state index in [2.05, 4.69) is 15.9 Å². The molecular formula is C14H12BrClFNS. The first-order valence-electron chi connectivity index (χ1n) is 5.57. The summed E-state index contributed by atoms with van der Waals surface area (Å²) in [5.74, 6) is -0.475. The fourth-order valence-electron chi connectivity index (χ4n) is 1.77. The van der Waals surface area contributed by atoms with Crippen molar-refractivity contribution in [2.24, 2.45) is 5.73 Å². The third-order valence-electron chi connectivity index (χ3n) is 2.88. The van der Waals surface area contributed by atoms with Crippen LogP contribution < -0.4 is 5.73 Å². The molecule has 2 N–H and O–H groups in total. The lowest BCUT2D eigenvalue weighted by atomic mass is 9.99. The molecule has 1 atom stereocenters. The lowest BCUT2D eigenvalue weighted by Crippen LogP contribution is -2.13. The van der Waals surface area contributed by atoms with Crippen LogP contribution in [0.2, 0.25) is 5.02 Å². The molecule has 0 spiro atoms. The highest BCUT2D eigenvalue weighted by Crippen LogP contribution is 2.32. The summed E-state index contributed by atoms with van der Waals surface area (Å²) in [6.45, 7) is 0. The number of thioether (sulfide) groups is 1. The van der Waals surface area contributed by atoms with Gasteiger partial charge in [-0.15, -0.1) is 11.8 Å². The summed E-state index contributed by atoms with van der Waals surface area (Å²) in [6, 6.07) is 10.6. The Kier molecular flexibility index (Phi) is 4.90. The summed E-state index contributed by atoms with van der Waals surface area (Å²) in [4.78, 5) is 1.14. The molecule has 5 heteroatoms. The van der Waals surface area contributed by atoms with Crippen molar-refractivity contribution in [2.75, 3.05) is 6.26 Å². The standard InChI is InChI=1S/C14H12BrClFNS/c1-19-9-4-2-8(3-5-9)14(18)10-6-7-11(15)12(16)13(10)17/h2-7,14H,18H2,1H3. The van der Waals surface area contributed by atoms with Gasteiger partial charge < -0.3 is 5.73 Å². The van der Waals surface area contributed by atoms with Crippen LogP contribution in [0.1, 0.15) is 17.2 Å². The van der Waals surface area contributed by atoms with Crippen molar-refractivity contribution in [1.29, 1.82) is 0 Å². The Labute approximate surface area is 129 Å². The van der Waals surface area contributed by atoms with Crippen LogP contribution in [-0.4, -0.2) is 6.26 Å². The highest BCUT2D eigenvalue weighted by molar-refractivity contribution is 9.10. The highest BCUT2D eigenvalue weighted by atomic mass is 79.9. The van der Waals surface area contributed by atoms with E-state index in [4.69, 9.17) is 17.3 Å². The monoisotopic (exact) mass is 359 g/mol. The predicted octanol–water partition coefficient (Wildman–Crippen LogP) is 5.01. The molecule has 0 bridgehead atoms. The van der Waals surface area contributed by atoms with E-state index in [0.717, 1.165) is 10.5 Å². The summed E-state index contributed by atoms with van der Waals surface area (Å²) in [7, 11) is 0.